The van der Waals surface area contributed by atoms with Crippen molar-refractivity contribution in [3.05, 3.63) is 17.8 Å². The molecule has 0 unspecified atom stereocenters. The van der Waals surface area contributed by atoms with Gasteiger partial charge in [-0.2, -0.15) is 0 Å². The average Bonchev–Trinajstić information content (AvgIpc) is 1.88. The molecule has 0 fully saturated rings. The topological polar surface area (TPSA) is 0 Å². The third-order valence-electron chi connectivity index (χ3n) is 1.39. The van der Waals surface area contributed by atoms with Crippen LogP contribution in [0.4, 0.5) is 0 Å². The second kappa shape index (κ2) is 7.34. The van der Waals surface area contributed by atoms with E-state index in [0.717, 1.165) is 0 Å². The van der Waals surface area contributed by atoms with Crippen molar-refractivity contribution in [2.75, 3.05) is 0 Å². The van der Waals surface area contributed by atoms with E-state index in [2.05, 4.69) is 26.8 Å². The first-order valence-corrected chi connectivity index (χ1v) is 22.6. The molecule has 0 amide bonds. The van der Waals surface area contributed by atoms with Crippen LogP contribution in [0.15, 0.2) is 17.8 Å². The van der Waals surface area contributed by atoms with E-state index in [1.54, 1.807) is 0.591 Å². The minimum atomic E-state index is -1.16. The summed E-state index contributed by atoms with van der Waals surface area (Å²) in [5.74, 6) is 0. The second-order valence-electron chi connectivity index (χ2n) is 2.78. The quantitative estimate of drug-likeness (QED) is 0.362. The predicted octanol–water partition coefficient (Wildman–Crippen LogP) is 3.66. The number of halogens is 2. The molecule has 0 aromatic carbocycles. The summed E-state index contributed by atoms with van der Waals surface area (Å²) in [6, 6.07) is 0. The van der Waals surface area contributed by atoms with Crippen LogP contribution < -0.4 is 0 Å². The van der Waals surface area contributed by atoms with Crippen LogP contribution in [0, 0.1) is 0 Å². The van der Waals surface area contributed by atoms with Crippen LogP contribution in [0.25, 0.3) is 0 Å². The monoisotopic (exact) mass is 568 g/mol. The summed E-state index contributed by atoms with van der Waals surface area (Å²) >= 11 is -2.31. The van der Waals surface area contributed by atoms with Crippen LogP contribution in [0.5, 0.6) is 0 Å². The van der Waals surface area contributed by atoms with Gasteiger partial charge in [-0.25, -0.2) is 0 Å². The summed E-state index contributed by atoms with van der Waals surface area (Å²) in [6.07, 6.45) is 2.21. The Bertz CT molecular complexity index is 175. The summed E-state index contributed by atoms with van der Waals surface area (Å²) in [4.78, 5) is 0. The van der Waals surface area contributed by atoms with E-state index in [4.69, 9.17) is 16.5 Å². The zero-order valence-corrected chi connectivity index (χ0v) is 19.8. The molecule has 0 heterocycles. The molecule has 11 heavy (non-hydrogen) atoms. The van der Waals surface area contributed by atoms with E-state index in [1.165, 1.54) is 11.1 Å². The Balaban J connectivity index is 4.48. The third kappa shape index (κ3) is 6.06. The molecule has 0 aliphatic carbocycles. The van der Waals surface area contributed by atoms with Crippen molar-refractivity contribution < 1.29 is 46.7 Å². The minimum absolute atomic E-state index is 1.16. The van der Waals surface area contributed by atoms with Crippen molar-refractivity contribution in [2.45, 2.75) is 20.8 Å². The van der Waals surface area contributed by atoms with Crippen LogP contribution in [0.3, 0.4) is 0 Å². The molecule has 0 bridgehead atoms. The van der Waals surface area contributed by atoms with Gasteiger partial charge in [0, 0.05) is 0 Å². The third-order valence-corrected chi connectivity index (χ3v) is 52.6. The van der Waals surface area contributed by atoms with Crippen LogP contribution >= 0.6 is 16.5 Å². The van der Waals surface area contributed by atoms with E-state index < -0.39 is 46.7 Å². The molecule has 4 heteroatoms. The zero-order chi connectivity index (χ0) is 8.85. The Morgan fingerprint density at radius 3 is 1.82 bits per heavy atom. The Kier molecular flexibility index (Phi) is 8.63. The van der Waals surface area contributed by atoms with E-state index in [-0.39, 0.29) is 0 Å². The molecule has 0 aromatic rings. The normalized spacial score (nSPS) is 7.73. The van der Waals surface area contributed by atoms with Crippen LogP contribution in [0.2, 0.25) is 0 Å². The molecule has 0 N–H and O–H groups in total. The van der Waals surface area contributed by atoms with Gasteiger partial charge in [0.1, 0.15) is 0 Å². The SMILES string of the molecule is CC(C)=CC(C)=[C]([Hg][Cl])[Hg][Cl]. The molecule has 0 aliphatic heterocycles. The standard InChI is InChI=1S/C7H10.2ClH.2Hg/c1-6(2)5-7(3)4;;;;/h5H,1-3H3;2*1H;;/q;;;2*+1/p-2. The molecule has 0 rings (SSSR count). The predicted molar refractivity (Wildman–Crippen MR) is 43.8 cm³/mol. The summed E-state index contributed by atoms with van der Waals surface area (Å²) < 4.78 is 1.55. The summed E-state index contributed by atoms with van der Waals surface area (Å²) in [6.45, 7) is 6.36. The molecule has 0 radical (unpaired) electrons. The summed E-state index contributed by atoms with van der Waals surface area (Å²) in [7, 11) is 11.9. The number of hydrogen-bond donors (Lipinski definition) is 0. The van der Waals surface area contributed by atoms with Crippen molar-refractivity contribution in [3.8, 4) is 0 Å². The van der Waals surface area contributed by atoms with Gasteiger partial charge in [0.05, 0.1) is 0 Å². The molecule has 0 aromatic heterocycles. The fourth-order valence-corrected chi connectivity index (χ4v) is 31.6. The Morgan fingerprint density at radius 2 is 1.55 bits per heavy atom. The number of allylic oxidation sites excluding steroid dienone is 3. The number of rotatable bonds is 3. The zero-order valence-electron chi connectivity index (χ0n) is 7.25. The average molecular weight is 566 g/mol. The molecular weight excluding hydrogens is 556 g/mol. The first kappa shape index (κ1) is 12.9. The van der Waals surface area contributed by atoms with Crippen molar-refractivity contribution in [3.63, 3.8) is 0 Å². The summed E-state index contributed by atoms with van der Waals surface area (Å²) in [5.41, 5.74) is 2.73. The van der Waals surface area contributed by atoms with Gasteiger partial charge in [-0.05, 0) is 0 Å². The van der Waals surface area contributed by atoms with Crippen LogP contribution in [-0.4, -0.2) is 0 Å². The number of hydrogen-bond acceptors (Lipinski definition) is 0. The van der Waals surface area contributed by atoms with E-state index in [0.29, 0.717) is 0 Å². The van der Waals surface area contributed by atoms with Gasteiger partial charge < -0.3 is 0 Å². The first-order chi connectivity index (χ1) is 5.11. The Hall–Kier alpha value is 1.93. The molecule has 0 aliphatic rings. The van der Waals surface area contributed by atoms with Gasteiger partial charge in [0.2, 0.25) is 0 Å². The molecule has 0 saturated carbocycles. The van der Waals surface area contributed by atoms with Crippen LogP contribution in [-0.2, 0) is 46.7 Å². The van der Waals surface area contributed by atoms with Gasteiger partial charge >= 0.3 is 102 Å². The first-order valence-electron chi connectivity index (χ1n) is 3.57. The van der Waals surface area contributed by atoms with Crippen molar-refractivity contribution in [1.29, 1.82) is 0 Å². The molecule has 0 saturated heterocycles. The van der Waals surface area contributed by atoms with E-state index >= 15 is 0 Å². The van der Waals surface area contributed by atoms with Gasteiger partial charge in [-0.1, -0.05) is 0 Å². The van der Waals surface area contributed by atoms with Crippen LogP contribution in [0.1, 0.15) is 20.8 Å². The maximum absolute atomic E-state index is 5.95. The van der Waals surface area contributed by atoms with Gasteiger partial charge in [-0.3, -0.25) is 0 Å². The summed E-state index contributed by atoms with van der Waals surface area (Å²) in [5, 5.41) is 0. The van der Waals surface area contributed by atoms with Crippen molar-refractivity contribution >= 4 is 16.5 Å². The fourth-order valence-electron chi connectivity index (χ4n) is 0.782. The van der Waals surface area contributed by atoms with E-state index in [1.807, 2.05) is 0 Å². The van der Waals surface area contributed by atoms with E-state index in [9.17, 15) is 0 Å². The van der Waals surface area contributed by atoms with Crippen molar-refractivity contribution in [2.24, 2.45) is 0 Å². The Morgan fingerprint density at radius 1 is 1.09 bits per heavy atom. The van der Waals surface area contributed by atoms with Gasteiger partial charge in [-0.15, -0.1) is 0 Å². The van der Waals surface area contributed by atoms with Crippen molar-refractivity contribution in [1.82, 2.24) is 0 Å². The Labute approximate surface area is 100 Å². The second-order valence-corrected chi connectivity index (χ2v) is 31.3. The van der Waals surface area contributed by atoms with Gasteiger partial charge in [0.25, 0.3) is 0 Å². The molecular formula is C7H10Cl2Hg2. The molecule has 0 atom stereocenters. The van der Waals surface area contributed by atoms with Gasteiger partial charge in [0.15, 0.2) is 0 Å². The fraction of sp³-hybridized carbons (Fsp3) is 0.429. The molecule has 0 spiro atoms. The molecule has 56 valence electrons. The maximum atomic E-state index is 5.95. The molecule has 0 nitrogen and oxygen atoms in total.